The number of anilines is 1. The molecule has 0 aliphatic rings. The molecule has 1 aromatic carbocycles. The molecule has 1 atom stereocenters. The zero-order chi connectivity index (χ0) is 12.3. The van der Waals surface area contributed by atoms with Crippen LogP contribution in [0.3, 0.4) is 0 Å². The molecule has 16 heavy (non-hydrogen) atoms. The second-order valence-corrected chi connectivity index (χ2v) is 3.68. The fourth-order valence-corrected chi connectivity index (χ4v) is 1.01. The van der Waals surface area contributed by atoms with Gasteiger partial charge in [0.2, 0.25) is 5.91 Å². The van der Waals surface area contributed by atoms with Crippen LogP contribution in [-0.2, 0) is 4.79 Å². The maximum absolute atomic E-state index is 13.2. The van der Waals surface area contributed by atoms with Gasteiger partial charge in [-0.15, -0.1) is 11.6 Å². The molecule has 0 aliphatic carbocycles. The Kier molecular flexibility index (Phi) is 3.78. The molecule has 1 rings (SSSR count). The molecule has 86 valence electrons. The van der Waals surface area contributed by atoms with E-state index in [0.29, 0.717) is 0 Å². The van der Waals surface area contributed by atoms with Crippen LogP contribution >= 0.6 is 11.6 Å². The molecule has 0 saturated carbocycles. The maximum Gasteiger partial charge on any atom is 0.271 e. The number of hydrogen-bond acceptors (Lipinski definition) is 3. The zero-order valence-corrected chi connectivity index (χ0v) is 8.99. The van der Waals surface area contributed by atoms with Gasteiger partial charge in [-0.1, -0.05) is 0 Å². The molecular weight excluding hydrogens is 239 g/mol. The predicted octanol–water partition coefficient (Wildman–Crippen LogP) is 2.30. The van der Waals surface area contributed by atoms with Gasteiger partial charge in [-0.25, -0.2) is 4.39 Å². The van der Waals surface area contributed by atoms with Crippen LogP contribution < -0.4 is 5.32 Å². The van der Waals surface area contributed by atoms with E-state index in [4.69, 9.17) is 11.6 Å². The van der Waals surface area contributed by atoms with Crippen LogP contribution in [0.1, 0.15) is 6.92 Å². The highest BCUT2D eigenvalue weighted by Gasteiger charge is 2.15. The lowest BCUT2D eigenvalue weighted by atomic mass is 10.2. The molecule has 1 amide bonds. The number of rotatable bonds is 3. The van der Waals surface area contributed by atoms with Crippen LogP contribution in [0.25, 0.3) is 0 Å². The molecule has 5 nitrogen and oxygen atoms in total. The summed E-state index contributed by atoms with van der Waals surface area (Å²) in [5, 5.41) is 11.7. The van der Waals surface area contributed by atoms with Crippen LogP contribution in [0.15, 0.2) is 18.2 Å². The number of carbonyl (C=O) groups is 1. The van der Waals surface area contributed by atoms with Gasteiger partial charge in [0, 0.05) is 12.1 Å². The smallest absolute Gasteiger partial charge is 0.271 e. The van der Waals surface area contributed by atoms with Crippen molar-refractivity contribution in [3.8, 4) is 0 Å². The third-order valence-electron chi connectivity index (χ3n) is 1.78. The standard InChI is InChI=1S/C9H8ClFN2O3/c1-5(10)9(14)12-8-4-6(13(15)16)2-3-7(8)11/h2-5H,1H3,(H,12,14)/t5-/m0/s1. The first-order valence-corrected chi connectivity index (χ1v) is 4.74. The average molecular weight is 247 g/mol. The third-order valence-corrected chi connectivity index (χ3v) is 1.98. The topological polar surface area (TPSA) is 72.2 Å². The number of amides is 1. The van der Waals surface area contributed by atoms with E-state index >= 15 is 0 Å². The Labute approximate surface area is 95.4 Å². The third kappa shape index (κ3) is 2.90. The maximum atomic E-state index is 13.2. The summed E-state index contributed by atoms with van der Waals surface area (Å²) in [5.74, 6) is -1.38. The normalized spacial score (nSPS) is 11.9. The first-order valence-electron chi connectivity index (χ1n) is 4.30. The number of carbonyl (C=O) groups excluding carboxylic acids is 1. The zero-order valence-electron chi connectivity index (χ0n) is 8.24. The Morgan fingerprint density at radius 3 is 2.75 bits per heavy atom. The van der Waals surface area contributed by atoms with E-state index in [1.807, 2.05) is 0 Å². The number of non-ortho nitro benzene ring substituents is 1. The second kappa shape index (κ2) is 4.89. The summed E-state index contributed by atoms with van der Waals surface area (Å²) in [7, 11) is 0. The molecule has 0 aliphatic heterocycles. The Morgan fingerprint density at radius 2 is 2.25 bits per heavy atom. The Balaban J connectivity index is 2.99. The van der Waals surface area contributed by atoms with E-state index in [1.54, 1.807) is 0 Å². The highest BCUT2D eigenvalue weighted by atomic mass is 35.5. The van der Waals surface area contributed by atoms with Crippen LogP contribution in [-0.4, -0.2) is 16.2 Å². The van der Waals surface area contributed by atoms with Crippen molar-refractivity contribution in [1.29, 1.82) is 0 Å². The van der Waals surface area contributed by atoms with Gasteiger partial charge in [0.05, 0.1) is 10.6 Å². The van der Waals surface area contributed by atoms with Crippen LogP contribution in [0.2, 0.25) is 0 Å². The molecule has 1 aromatic rings. The molecule has 0 aromatic heterocycles. The number of nitrogens with zero attached hydrogens (tertiary/aromatic N) is 1. The monoisotopic (exact) mass is 246 g/mol. The summed E-state index contributed by atoms with van der Waals surface area (Å²) < 4.78 is 13.2. The van der Waals surface area contributed by atoms with E-state index in [1.165, 1.54) is 6.92 Å². The number of hydrogen-bond donors (Lipinski definition) is 1. The minimum atomic E-state index is -0.848. The van der Waals surface area contributed by atoms with Gasteiger partial charge in [0.15, 0.2) is 0 Å². The van der Waals surface area contributed by atoms with E-state index < -0.39 is 22.0 Å². The van der Waals surface area contributed by atoms with E-state index in [9.17, 15) is 19.3 Å². The largest absolute Gasteiger partial charge is 0.322 e. The van der Waals surface area contributed by atoms with Crippen molar-refractivity contribution in [3.63, 3.8) is 0 Å². The van der Waals surface area contributed by atoms with Crippen molar-refractivity contribution < 1.29 is 14.1 Å². The molecule has 0 bridgehead atoms. The van der Waals surface area contributed by atoms with E-state index in [-0.39, 0.29) is 11.4 Å². The van der Waals surface area contributed by atoms with Gasteiger partial charge in [0.1, 0.15) is 11.2 Å². The molecule has 7 heteroatoms. The minimum absolute atomic E-state index is 0.258. The van der Waals surface area contributed by atoms with E-state index in [2.05, 4.69) is 5.32 Å². The van der Waals surface area contributed by atoms with Crippen molar-refractivity contribution >= 4 is 28.9 Å². The van der Waals surface area contributed by atoms with Gasteiger partial charge < -0.3 is 5.32 Å². The minimum Gasteiger partial charge on any atom is -0.322 e. The second-order valence-electron chi connectivity index (χ2n) is 3.03. The highest BCUT2D eigenvalue weighted by molar-refractivity contribution is 6.32. The Bertz CT molecular complexity index is 437. The summed E-state index contributed by atoms with van der Waals surface area (Å²) in [6.07, 6.45) is 0. The van der Waals surface area contributed by atoms with Gasteiger partial charge in [0.25, 0.3) is 5.69 Å². The van der Waals surface area contributed by atoms with Crippen molar-refractivity contribution in [2.45, 2.75) is 12.3 Å². The lowest BCUT2D eigenvalue weighted by molar-refractivity contribution is -0.384. The number of nitro benzene ring substituents is 1. The molecule has 0 saturated heterocycles. The molecule has 0 spiro atoms. The summed E-state index contributed by atoms with van der Waals surface area (Å²) in [4.78, 5) is 20.9. The number of benzene rings is 1. The lowest BCUT2D eigenvalue weighted by Crippen LogP contribution is -2.21. The fourth-order valence-electron chi connectivity index (χ4n) is 0.955. The van der Waals surface area contributed by atoms with Crippen LogP contribution in [0.4, 0.5) is 15.8 Å². The fraction of sp³-hybridized carbons (Fsp3) is 0.222. The first-order chi connectivity index (χ1) is 7.41. The molecular formula is C9H8ClFN2O3. The molecule has 0 heterocycles. The Morgan fingerprint density at radius 1 is 1.62 bits per heavy atom. The SMILES string of the molecule is C[C@H](Cl)C(=O)Nc1cc([N+](=O)[O-])ccc1F. The van der Waals surface area contributed by atoms with E-state index in [0.717, 1.165) is 18.2 Å². The predicted molar refractivity (Wildman–Crippen MR) is 57.0 cm³/mol. The highest BCUT2D eigenvalue weighted by Crippen LogP contribution is 2.21. The molecule has 0 radical (unpaired) electrons. The van der Waals surface area contributed by atoms with Crippen molar-refractivity contribution in [1.82, 2.24) is 0 Å². The number of nitrogens with one attached hydrogen (secondary N) is 1. The molecule has 0 fully saturated rings. The Hall–Kier alpha value is -1.69. The van der Waals surface area contributed by atoms with Crippen LogP contribution in [0, 0.1) is 15.9 Å². The molecule has 0 unspecified atom stereocenters. The number of alkyl halides is 1. The first kappa shape index (κ1) is 12.4. The van der Waals surface area contributed by atoms with Gasteiger partial charge >= 0.3 is 0 Å². The quantitative estimate of drug-likeness (QED) is 0.505. The average Bonchev–Trinajstić information content (AvgIpc) is 2.20. The summed E-state index contributed by atoms with van der Waals surface area (Å²) in [5.41, 5.74) is -0.564. The van der Waals surface area contributed by atoms with Crippen molar-refractivity contribution in [2.24, 2.45) is 0 Å². The van der Waals surface area contributed by atoms with Crippen molar-refractivity contribution in [2.75, 3.05) is 5.32 Å². The van der Waals surface area contributed by atoms with Gasteiger partial charge in [-0.2, -0.15) is 0 Å². The summed E-state index contributed by atoms with van der Waals surface area (Å²) >= 11 is 5.46. The number of nitro groups is 1. The van der Waals surface area contributed by atoms with Gasteiger partial charge in [-0.05, 0) is 13.0 Å². The van der Waals surface area contributed by atoms with Crippen molar-refractivity contribution in [3.05, 3.63) is 34.1 Å². The van der Waals surface area contributed by atoms with Crippen LogP contribution in [0.5, 0.6) is 0 Å². The lowest BCUT2D eigenvalue weighted by Gasteiger charge is -2.07. The molecule has 1 N–H and O–H groups in total. The summed E-state index contributed by atoms with van der Waals surface area (Å²) in [6.45, 7) is 1.41. The number of halogens is 2. The summed E-state index contributed by atoms with van der Waals surface area (Å²) in [6, 6.07) is 2.86. The van der Waals surface area contributed by atoms with Gasteiger partial charge in [-0.3, -0.25) is 14.9 Å².